The Morgan fingerprint density at radius 1 is 1.38 bits per heavy atom. The Morgan fingerprint density at radius 3 is 2.54 bits per heavy atom. The first-order valence-corrected chi connectivity index (χ1v) is 8.61. The van der Waals surface area contributed by atoms with Crippen LogP contribution in [0.2, 0.25) is 0 Å². The third kappa shape index (κ3) is 7.62. The van der Waals surface area contributed by atoms with Crippen LogP contribution in [0.3, 0.4) is 0 Å². The van der Waals surface area contributed by atoms with E-state index in [1.807, 2.05) is 6.92 Å². The van der Waals surface area contributed by atoms with Gasteiger partial charge in [-0.15, -0.1) is 0 Å². The van der Waals surface area contributed by atoms with Crippen LogP contribution in [-0.4, -0.2) is 35.0 Å². The number of hydrogen-bond acceptors (Lipinski definition) is 4. The number of nitrogens with zero attached hydrogens (tertiary/aromatic N) is 2. The van der Waals surface area contributed by atoms with Crippen LogP contribution in [0.5, 0.6) is 0 Å². The summed E-state index contributed by atoms with van der Waals surface area (Å²) >= 11 is 0. The van der Waals surface area contributed by atoms with Crippen molar-refractivity contribution in [1.29, 1.82) is 0 Å². The van der Waals surface area contributed by atoms with E-state index in [4.69, 9.17) is 4.52 Å². The van der Waals surface area contributed by atoms with E-state index >= 15 is 0 Å². The largest absolute Gasteiger partial charge is 0.360 e. The van der Waals surface area contributed by atoms with Crippen LogP contribution in [-0.2, 0) is 9.59 Å². The third-order valence-corrected chi connectivity index (χ3v) is 3.56. The summed E-state index contributed by atoms with van der Waals surface area (Å²) in [4.78, 5) is 26.3. The number of carbonyl (C=O) groups is 2. The molecule has 0 fully saturated rings. The average molecular weight is 337 g/mol. The van der Waals surface area contributed by atoms with Gasteiger partial charge in [0.15, 0.2) is 5.82 Å². The number of amides is 2. The van der Waals surface area contributed by atoms with E-state index in [9.17, 15) is 9.59 Å². The van der Waals surface area contributed by atoms with E-state index in [0.29, 0.717) is 24.5 Å². The number of anilines is 1. The van der Waals surface area contributed by atoms with Gasteiger partial charge in [-0.1, -0.05) is 39.8 Å². The molecule has 1 heterocycles. The first kappa shape index (κ1) is 20.2. The maximum absolute atomic E-state index is 12.5. The van der Waals surface area contributed by atoms with E-state index in [0.717, 1.165) is 12.8 Å². The molecule has 2 amide bonds. The molecular weight excluding hydrogens is 306 g/mol. The lowest BCUT2D eigenvalue weighted by Crippen LogP contribution is -2.39. The molecule has 1 aromatic heterocycles. The zero-order valence-electron chi connectivity index (χ0n) is 15.8. The fourth-order valence-corrected chi connectivity index (χ4v) is 2.89. The first-order chi connectivity index (χ1) is 11.1. The van der Waals surface area contributed by atoms with Gasteiger partial charge in [0.1, 0.15) is 5.76 Å². The van der Waals surface area contributed by atoms with E-state index in [2.05, 4.69) is 38.2 Å². The van der Waals surface area contributed by atoms with Crippen molar-refractivity contribution in [2.45, 2.75) is 60.8 Å². The minimum absolute atomic E-state index is 0.0279. The Kier molecular flexibility index (Phi) is 7.45. The average Bonchev–Trinajstić information content (AvgIpc) is 2.81. The topological polar surface area (TPSA) is 75.4 Å². The van der Waals surface area contributed by atoms with Gasteiger partial charge in [0, 0.05) is 19.0 Å². The summed E-state index contributed by atoms with van der Waals surface area (Å²) in [5, 5.41) is 6.39. The van der Waals surface area contributed by atoms with Crippen LogP contribution >= 0.6 is 0 Å². The predicted molar refractivity (Wildman–Crippen MR) is 94.6 cm³/mol. The number of nitrogens with one attached hydrogen (secondary N) is 1. The second-order valence-electron chi connectivity index (χ2n) is 7.76. The van der Waals surface area contributed by atoms with Gasteiger partial charge in [-0.3, -0.25) is 9.59 Å². The molecule has 1 rings (SSSR count). The van der Waals surface area contributed by atoms with Gasteiger partial charge in [-0.25, -0.2) is 0 Å². The Hall–Kier alpha value is -1.85. The second-order valence-corrected chi connectivity index (χ2v) is 7.76. The van der Waals surface area contributed by atoms with Crippen molar-refractivity contribution in [3.63, 3.8) is 0 Å². The van der Waals surface area contributed by atoms with Gasteiger partial charge >= 0.3 is 0 Å². The summed E-state index contributed by atoms with van der Waals surface area (Å²) < 4.78 is 4.92. The molecule has 6 heteroatoms. The predicted octanol–water partition coefficient (Wildman–Crippen LogP) is 3.62. The van der Waals surface area contributed by atoms with Gasteiger partial charge in [-0.2, -0.15) is 0 Å². The highest BCUT2D eigenvalue weighted by atomic mass is 16.5. The zero-order valence-corrected chi connectivity index (χ0v) is 15.8. The number of rotatable bonds is 8. The lowest BCUT2D eigenvalue weighted by Gasteiger charge is -2.26. The monoisotopic (exact) mass is 337 g/mol. The van der Waals surface area contributed by atoms with Gasteiger partial charge in [0.25, 0.3) is 0 Å². The zero-order chi connectivity index (χ0) is 18.3. The highest BCUT2D eigenvalue weighted by Crippen LogP contribution is 2.26. The SMILES string of the molecule is CCCN(CC(=O)Nc1cc(C)on1)C(=O)C[C@@H](C)CC(C)(C)C. The molecular formula is C18H31N3O3. The maximum Gasteiger partial charge on any atom is 0.245 e. The van der Waals surface area contributed by atoms with Gasteiger partial charge < -0.3 is 14.7 Å². The van der Waals surface area contributed by atoms with Gasteiger partial charge in [0.05, 0.1) is 6.54 Å². The van der Waals surface area contributed by atoms with Crippen LogP contribution in [0.1, 0.15) is 59.6 Å². The van der Waals surface area contributed by atoms with Crippen LogP contribution < -0.4 is 5.32 Å². The maximum atomic E-state index is 12.5. The first-order valence-electron chi connectivity index (χ1n) is 8.61. The molecule has 0 bridgehead atoms. The summed E-state index contributed by atoms with van der Waals surface area (Å²) in [6.07, 6.45) is 2.26. The lowest BCUT2D eigenvalue weighted by atomic mass is 9.84. The van der Waals surface area contributed by atoms with Crippen LogP contribution in [0.15, 0.2) is 10.6 Å². The van der Waals surface area contributed by atoms with Crippen molar-refractivity contribution in [2.24, 2.45) is 11.3 Å². The standard InChI is InChI=1S/C18H31N3O3/c1-7-8-21(17(23)9-13(2)11-18(4,5)6)12-16(22)19-15-10-14(3)24-20-15/h10,13H,7-9,11-12H2,1-6H3,(H,19,20,22)/t13-/m1/s1. The molecule has 0 saturated heterocycles. The molecule has 0 radical (unpaired) electrons. The molecule has 0 aromatic carbocycles. The number of aromatic nitrogens is 1. The Labute approximate surface area is 145 Å². The molecule has 136 valence electrons. The summed E-state index contributed by atoms with van der Waals surface area (Å²) in [7, 11) is 0. The molecule has 0 unspecified atom stereocenters. The van der Waals surface area contributed by atoms with E-state index < -0.39 is 0 Å². The fourth-order valence-electron chi connectivity index (χ4n) is 2.89. The molecule has 0 aliphatic heterocycles. The molecule has 0 saturated carbocycles. The summed E-state index contributed by atoms with van der Waals surface area (Å²) in [5.41, 5.74) is 0.192. The molecule has 0 aliphatic carbocycles. The Balaban J connectivity index is 2.58. The molecule has 0 aliphatic rings. The van der Waals surface area contributed by atoms with Crippen molar-refractivity contribution in [1.82, 2.24) is 10.1 Å². The summed E-state index contributed by atoms with van der Waals surface area (Å²) in [6, 6.07) is 1.65. The highest BCUT2D eigenvalue weighted by molar-refractivity contribution is 5.93. The number of hydrogen-bond donors (Lipinski definition) is 1. The fraction of sp³-hybridized carbons (Fsp3) is 0.722. The molecule has 0 spiro atoms. The van der Waals surface area contributed by atoms with Gasteiger partial charge in [0.2, 0.25) is 11.8 Å². The van der Waals surface area contributed by atoms with Crippen molar-refractivity contribution >= 4 is 17.6 Å². The lowest BCUT2D eigenvalue weighted by molar-refractivity contribution is -0.135. The van der Waals surface area contributed by atoms with Crippen molar-refractivity contribution in [3.8, 4) is 0 Å². The van der Waals surface area contributed by atoms with E-state index in [-0.39, 0.29) is 29.7 Å². The van der Waals surface area contributed by atoms with Crippen molar-refractivity contribution < 1.29 is 14.1 Å². The van der Waals surface area contributed by atoms with Crippen molar-refractivity contribution in [3.05, 3.63) is 11.8 Å². The van der Waals surface area contributed by atoms with Gasteiger partial charge in [-0.05, 0) is 31.1 Å². The van der Waals surface area contributed by atoms with Crippen LogP contribution in [0.4, 0.5) is 5.82 Å². The molecule has 1 N–H and O–H groups in total. The number of aryl methyl sites for hydroxylation is 1. The summed E-state index contributed by atoms with van der Waals surface area (Å²) in [6.45, 7) is 13.0. The quantitative estimate of drug-likeness (QED) is 0.786. The number of carbonyl (C=O) groups excluding carboxylic acids is 2. The minimum atomic E-state index is -0.256. The smallest absolute Gasteiger partial charge is 0.245 e. The molecule has 1 atom stereocenters. The minimum Gasteiger partial charge on any atom is -0.360 e. The Morgan fingerprint density at radius 2 is 2.04 bits per heavy atom. The molecule has 1 aromatic rings. The third-order valence-electron chi connectivity index (χ3n) is 3.56. The van der Waals surface area contributed by atoms with Crippen LogP contribution in [0.25, 0.3) is 0 Å². The Bertz CT molecular complexity index is 546. The highest BCUT2D eigenvalue weighted by Gasteiger charge is 2.22. The van der Waals surface area contributed by atoms with E-state index in [1.54, 1.807) is 17.9 Å². The second kappa shape index (κ2) is 8.85. The molecule has 6 nitrogen and oxygen atoms in total. The molecule has 24 heavy (non-hydrogen) atoms. The van der Waals surface area contributed by atoms with E-state index in [1.165, 1.54) is 0 Å². The summed E-state index contributed by atoms with van der Waals surface area (Å²) in [5.74, 6) is 1.07. The van der Waals surface area contributed by atoms with Crippen LogP contribution in [0, 0.1) is 18.3 Å². The van der Waals surface area contributed by atoms with Crippen molar-refractivity contribution in [2.75, 3.05) is 18.4 Å². The normalized spacial score (nSPS) is 12.8.